The number of carbonyl (C=O) groups is 2. The molecule has 2 N–H and O–H groups in total. The van der Waals surface area contributed by atoms with Crippen LogP contribution in [0.3, 0.4) is 0 Å². The molecule has 1 atom stereocenters. The van der Waals surface area contributed by atoms with Crippen molar-refractivity contribution in [2.45, 2.75) is 23.3 Å². The first-order valence-corrected chi connectivity index (χ1v) is 8.89. The second-order valence-electron chi connectivity index (χ2n) is 5.92. The van der Waals surface area contributed by atoms with E-state index in [9.17, 15) is 18.0 Å². The van der Waals surface area contributed by atoms with E-state index in [0.29, 0.717) is 18.6 Å². The molecule has 1 unspecified atom stereocenters. The summed E-state index contributed by atoms with van der Waals surface area (Å²) in [6, 6.07) is 4.04. The number of imide groups is 1. The van der Waals surface area contributed by atoms with Crippen LogP contribution < -0.4 is 20.1 Å². The Hall–Kier alpha value is -2.33. The van der Waals surface area contributed by atoms with Crippen LogP contribution in [0.5, 0.6) is 11.5 Å². The summed E-state index contributed by atoms with van der Waals surface area (Å²) in [5, 5.41) is 4.74. The number of amides is 3. The molecule has 0 bridgehead atoms. The number of urea groups is 1. The van der Waals surface area contributed by atoms with Gasteiger partial charge in [-0.15, -0.1) is 0 Å². The zero-order valence-corrected chi connectivity index (χ0v) is 13.4. The van der Waals surface area contributed by atoms with Crippen molar-refractivity contribution in [1.29, 1.82) is 0 Å². The monoisotopic (exact) mass is 353 g/mol. The van der Waals surface area contributed by atoms with Crippen molar-refractivity contribution in [3.05, 3.63) is 18.2 Å². The van der Waals surface area contributed by atoms with Crippen LogP contribution in [0.15, 0.2) is 23.1 Å². The van der Waals surface area contributed by atoms with E-state index in [4.69, 9.17) is 9.47 Å². The average Bonchev–Trinajstić information content (AvgIpc) is 3.12. The molecule has 2 fully saturated rings. The van der Waals surface area contributed by atoms with Gasteiger partial charge in [0.15, 0.2) is 11.5 Å². The molecular weight excluding hydrogens is 338 g/mol. The Bertz CT molecular complexity index is 839. The van der Waals surface area contributed by atoms with Gasteiger partial charge in [0.2, 0.25) is 16.8 Å². The van der Waals surface area contributed by atoms with Gasteiger partial charge in [0, 0.05) is 13.1 Å². The number of nitrogens with zero attached hydrogens (tertiary/aromatic N) is 1. The zero-order valence-electron chi connectivity index (χ0n) is 12.6. The molecular formula is C14H15N3O6S. The van der Waals surface area contributed by atoms with Crippen molar-refractivity contribution in [3.8, 4) is 11.5 Å². The first-order valence-electron chi connectivity index (χ1n) is 7.45. The highest BCUT2D eigenvalue weighted by Gasteiger charge is 2.51. The molecule has 3 heterocycles. The molecule has 1 spiro atoms. The van der Waals surface area contributed by atoms with E-state index in [1.165, 1.54) is 10.4 Å². The van der Waals surface area contributed by atoms with Crippen LogP contribution in [-0.2, 0) is 14.8 Å². The van der Waals surface area contributed by atoms with Gasteiger partial charge in [0.05, 0.1) is 0 Å². The van der Waals surface area contributed by atoms with Crippen LogP contribution in [0.4, 0.5) is 4.79 Å². The SMILES string of the molecule is O=C1NC(=O)C2(CCCN(S(=O)(=O)c3cccc4c3OCO4)C2)N1. The highest BCUT2D eigenvalue weighted by molar-refractivity contribution is 7.89. The predicted molar refractivity (Wildman–Crippen MR) is 80.0 cm³/mol. The average molecular weight is 353 g/mol. The Morgan fingerprint density at radius 1 is 1.21 bits per heavy atom. The van der Waals surface area contributed by atoms with Crippen LogP contribution in [0, 0.1) is 0 Å². The first kappa shape index (κ1) is 15.2. The lowest BCUT2D eigenvalue weighted by Crippen LogP contribution is -2.59. The fourth-order valence-electron chi connectivity index (χ4n) is 3.28. The zero-order chi connectivity index (χ0) is 16.9. The Morgan fingerprint density at radius 3 is 2.79 bits per heavy atom. The van der Waals surface area contributed by atoms with E-state index in [2.05, 4.69) is 10.6 Å². The lowest BCUT2D eigenvalue weighted by Gasteiger charge is -2.37. The Morgan fingerprint density at radius 2 is 2.04 bits per heavy atom. The van der Waals surface area contributed by atoms with E-state index >= 15 is 0 Å². The van der Waals surface area contributed by atoms with Gasteiger partial charge in [-0.3, -0.25) is 10.1 Å². The van der Waals surface area contributed by atoms with Gasteiger partial charge in [0.1, 0.15) is 10.4 Å². The van der Waals surface area contributed by atoms with Gasteiger partial charge in [-0.2, -0.15) is 4.31 Å². The molecule has 10 heteroatoms. The number of benzene rings is 1. The molecule has 0 aliphatic carbocycles. The minimum absolute atomic E-state index is 0.000665. The Labute approximate surface area is 138 Å². The third-order valence-electron chi connectivity index (χ3n) is 4.45. The summed E-state index contributed by atoms with van der Waals surface area (Å²) >= 11 is 0. The smallest absolute Gasteiger partial charge is 0.322 e. The number of hydrogen-bond acceptors (Lipinski definition) is 6. The maximum absolute atomic E-state index is 13.0. The molecule has 0 saturated carbocycles. The highest BCUT2D eigenvalue weighted by atomic mass is 32.2. The summed E-state index contributed by atoms with van der Waals surface area (Å²) in [5.41, 5.74) is -1.21. The summed E-state index contributed by atoms with van der Waals surface area (Å²) in [6.07, 6.45) is 0.850. The maximum Gasteiger partial charge on any atom is 0.322 e. The van der Waals surface area contributed by atoms with Crippen LogP contribution in [0.1, 0.15) is 12.8 Å². The number of rotatable bonds is 2. The molecule has 24 heavy (non-hydrogen) atoms. The molecule has 0 aromatic heterocycles. The van der Waals surface area contributed by atoms with Crippen molar-refractivity contribution in [1.82, 2.24) is 14.9 Å². The number of para-hydroxylation sites is 1. The summed E-state index contributed by atoms with van der Waals surface area (Å²) in [5.74, 6) is 0.0528. The van der Waals surface area contributed by atoms with Crippen molar-refractivity contribution in [2.24, 2.45) is 0 Å². The van der Waals surface area contributed by atoms with E-state index in [1.54, 1.807) is 12.1 Å². The molecule has 0 radical (unpaired) electrons. The molecule has 128 valence electrons. The second kappa shape index (κ2) is 5.08. The van der Waals surface area contributed by atoms with Gasteiger partial charge >= 0.3 is 6.03 Å². The fourth-order valence-corrected chi connectivity index (χ4v) is 4.96. The third-order valence-corrected chi connectivity index (χ3v) is 6.32. The molecule has 3 amide bonds. The summed E-state index contributed by atoms with van der Waals surface area (Å²) in [6.45, 7) is 0.111. The normalized spacial score (nSPS) is 26.5. The molecule has 9 nitrogen and oxygen atoms in total. The number of fused-ring (bicyclic) bond motifs is 1. The number of piperidine rings is 1. The van der Waals surface area contributed by atoms with Crippen LogP contribution in [0.2, 0.25) is 0 Å². The van der Waals surface area contributed by atoms with E-state index in [1.807, 2.05) is 0 Å². The van der Waals surface area contributed by atoms with E-state index in [-0.39, 0.29) is 30.5 Å². The number of ether oxygens (including phenoxy) is 2. The van der Waals surface area contributed by atoms with Crippen LogP contribution in [-0.4, -0.2) is 50.1 Å². The third kappa shape index (κ3) is 2.13. The molecule has 3 aliphatic heterocycles. The van der Waals surface area contributed by atoms with Gasteiger partial charge < -0.3 is 14.8 Å². The van der Waals surface area contributed by atoms with Crippen molar-refractivity contribution >= 4 is 22.0 Å². The minimum atomic E-state index is -3.89. The van der Waals surface area contributed by atoms with Crippen molar-refractivity contribution < 1.29 is 27.5 Å². The van der Waals surface area contributed by atoms with E-state index < -0.39 is 27.5 Å². The Balaban J connectivity index is 1.69. The van der Waals surface area contributed by atoms with Crippen LogP contribution >= 0.6 is 0 Å². The molecule has 4 rings (SSSR count). The standard InChI is InChI=1S/C14H15N3O6S/c18-12-14(16-13(19)15-12)5-2-6-17(7-14)24(20,21)10-4-1-3-9-11(10)23-8-22-9/h1,3-4H,2,5-8H2,(H2,15,16,18,19). The summed E-state index contributed by atoms with van der Waals surface area (Å²) in [7, 11) is -3.89. The predicted octanol–water partition coefficient (Wildman–Crippen LogP) is -0.222. The number of nitrogens with one attached hydrogen (secondary N) is 2. The minimum Gasteiger partial charge on any atom is -0.454 e. The van der Waals surface area contributed by atoms with E-state index in [0.717, 1.165) is 0 Å². The number of hydrogen-bond donors (Lipinski definition) is 2. The summed E-state index contributed by atoms with van der Waals surface area (Å²) in [4.78, 5) is 23.6. The molecule has 3 aliphatic rings. The second-order valence-corrected chi connectivity index (χ2v) is 7.83. The first-order chi connectivity index (χ1) is 11.4. The van der Waals surface area contributed by atoms with Gasteiger partial charge in [-0.1, -0.05) is 6.07 Å². The lowest BCUT2D eigenvalue weighted by molar-refractivity contribution is -0.125. The molecule has 1 aromatic carbocycles. The molecule has 1 aromatic rings. The molecule has 2 saturated heterocycles. The van der Waals surface area contributed by atoms with Gasteiger partial charge in [-0.05, 0) is 25.0 Å². The fraction of sp³-hybridized carbons (Fsp3) is 0.429. The lowest BCUT2D eigenvalue weighted by atomic mass is 9.90. The maximum atomic E-state index is 13.0. The quantitative estimate of drug-likeness (QED) is 0.711. The largest absolute Gasteiger partial charge is 0.454 e. The van der Waals surface area contributed by atoms with Crippen molar-refractivity contribution in [2.75, 3.05) is 19.9 Å². The van der Waals surface area contributed by atoms with Gasteiger partial charge in [-0.25, -0.2) is 13.2 Å². The topological polar surface area (TPSA) is 114 Å². The van der Waals surface area contributed by atoms with Crippen LogP contribution in [0.25, 0.3) is 0 Å². The number of carbonyl (C=O) groups excluding carboxylic acids is 2. The summed E-state index contributed by atoms with van der Waals surface area (Å²) < 4.78 is 37.8. The number of sulfonamides is 1. The highest BCUT2D eigenvalue weighted by Crippen LogP contribution is 2.40. The van der Waals surface area contributed by atoms with Crippen molar-refractivity contribution in [3.63, 3.8) is 0 Å². The Kier molecular flexibility index (Phi) is 3.22. The van der Waals surface area contributed by atoms with Gasteiger partial charge in [0.25, 0.3) is 5.91 Å².